The molecule has 0 aliphatic rings. The second kappa shape index (κ2) is 6.70. The Morgan fingerprint density at radius 3 is 2.92 bits per heavy atom. The van der Waals surface area contributed by atoms with E-state index in [-0.39, 0.29) is 6.09 Å². The van der Waals surface area contributed by atoms with Gasteiger partial charge in [-0.3, -0.25) is 0 Å². The highest BCUT2D eigenvalue weighted by molar-refractivity contribution is 5.66. The number of alkyl carbamates (subject to hydrolysis) is 1. The van der Waals surface area contributed by atoms with Gasteiger partial charge in [-0.05, 0) is 19.3 Å². The van der Waals surface area contributed by atoms with E-state index in [0.717, 1.165) is 6.42 Å². The van der Waals surface area contributed by atoms with Crippen LogP contribution in [-0.2, 0) is 4.74 Å². The number of hydrogen-bond acceptors (Lipinski definition) is 2. The lowest BCUT2D eigenvalue weighted by Gasteiger charge is -2.09. The molecule has 1 atom stereocenters. The van der Waals surface area contributed by atoms with Crippen molar-refractivity contribution in [1.82, 2.24) is 5.32 Å². The van der Waals surface area contributed by atoms with Crippen LogP contribution in [0.25, 0.3) is 0 Å². The molecule has 0 spiro atoms. The molecule has 70 valence electrons. The zero-order valence-corrected chi connectivity index (χ0v) is 7.80. The van der Waals surface area contributed by atoms with Gasteiger partial charge in [0, 0.05) is 6.54 Å². The summed E-state index contributed by atoms with van der Waals surface area (Å²) in [6.45, 7) is 8.52. The molecule has 0 aromatic carbocycles. The molecule has 0 saturated carbocycles. The molecule has 12 heavy (non-hydrogen) atoms. The van der Waals surface area contributed by atoms with Crippen LogP contribution in [0.2, 0.25) is 0 Å². The third-order valence-electron chi connectivity index (χ3n) is 1.44. The fourth-order valence-corrected chi connectivity index (χ4v) is 0.808. The van der Waals surface area contributed by atoms with Crippen LogP contribution in [-0.4, -0.2) is 19.2 Å². The molecule has 0 rings (SSSR count). The summed E-state index contributed by atoms with van der Waals surface area (Å²) in [5.41, 5.74) is 0. The molecule has 3 heteroatoms. The van der Waals surface area contributed by atoms with Crippen molar-refractivity contribution in [3.8, 4) is 0 Å². The molecule has 1 N–H and O–H groups in total. The summed E-state index contributed by atoms with van der Waals surface area (Å²) in [6, 6.07) is 0. The van der Waals surface area contributed by atoms with Crippen molar-refractivity contribution in [2.24, 2.45) is 5.92 Å². The Balaban J connectivity index is 3.39. The topological polar surface area (TPSA) is 38.3 Å². The molecule has 0 aliphatic heterocycles. The number of rotatable bonds is 5. The van der Waals surface area contributed by atoms with Crippen LogP contribution < -0.4 is 5.32 Å². The average molecular weight is 171 g/mol. The van der Waals surface area contributed by atoms with Gasteiger partial charge in [0.2, 0.25) is 0 Å². The summed E-state index contributed by atoms with van der Waals surface area (Å²) >= 11 is 0. The summed E-state index contributed by atoms with van der Waals surface area (Å²) in [6.07, 6.45) is 2.41. The summed E-state index contributed by atoms with van der Waals surface area (Å²) in [7, 11) is 0. The summed E-state index contributed by atoms with van der Waals surface area (Å²) < 4.78 is 4.69. The molecule has 0 aromatic heterocycles. The number of carbonyl (C=O) groups is 1. The fourth-order valence-electron chi connectivity index (χ4n) is 0.808. The number of amides is 1. The highest BCUT2D eigenvalue weighted by atomic mass is 16.5. The maximum atomic E-state index is 10.8. The molecular weight excluding hydrogens is 154 g/mol. The molecule has 0 bridgehead atoms. The lowest BCUT2D eigenvalue weighted by atomic mass is 10.1. The van der Waals surface area contributed by atoms with Crippen molar-refractivity contribution in [1.29, 1.82) is 0 Å². The van der Waals surface area contributed by atoms with Crippen molar-refractivity contribution in [2.75, 3.05) is 13.2 Å². The van der Waals surface area contributed by atoms with E-state index >= 15 is 0 Å². The minimum absolute atomic E-state index is 0.339. The van der Waals surface area contributed by atoms with Gasteiger partial charge < -0.3 is 10.1 Å². The normalized spacial score (nSPS) is 11.8. The first-order valence-electron chi connectivity index (χ1n) is 4.22. The summed E-state index contributed by atoms with van der Waals surface area (Å²) in [5, 5.41) is 2.66. The maximum absolute atomic E-state index is 10.8. The molecule has 3 nitrogen and oxygen atoms in total. The zero-order valence-electron chi connectivity index (χ0n) is 7.80. The van der Waals surface area contributed by atoms with E-state index in [4.69, 9.17) is 4.74 Å². The van der Waals surface area contributed by atoms with Gasteiger partial charge in [0.15, 0.2) is 0 Å². The first-order chi connectivity index (χ1) is 5.70. The van der Waals surface area contributed by atoms with Crippen LogP contribution in [0.15, 0.2) is 12.7 Å². The van der Waals surface area contributed by atoms with E-state index < -0.39 is 0 Å². The molecule has 1 unspecified atom stereocenters. The maximum Gasteiger partial charge on any atom is 0.407 e. The van der Waals surface area contributed by atoms with Crippen LogP contribution in [0, 0.1) is 5.92 Å². The SMILES string of the molecule is C=CCC(C)CNC(=O)OCC. The number of nitrogens with one attached hydrogen (secondary N) is 1. The van der Waals surface area contributed by atoms with Gasteiger partial charge >= 0.3 is 6.09 Å². The molecular formula is C9H17NO2. The van der Waals surface area contributed by atoms with Crippen molar-refractivity contribution >= 4 is 6.09 Å². The first kappa shape index (κ1) is 11.0. The smallest absolute Gasteiger partial charge is 0.407 e. The van der Waals surface area contributed by atoms with Gasteiger partial charge in [0.1, 0.15) is 0 Å². The molecule has 0 aromatic rings. The van der Waals surface area contributed by atoms with E-state index in [9.17, 15) is 4.79 Å². The van der Waals surface area contributed by atoms with Crippen LogP contribution in [0.5, 0.6) is 0 Å². The van der Waals surface area contributed by atoms with Crippen molar-refractivity contribution in [2.45, 2.75) is 20.3 Å². The Bertz CT molecular complexity index is 145. The van der Waals surface area contributed by atoms with E-state index in [1.807, 2.05) is 13.0 Å². The Morgan fingerprint density at radius 1 is 1.75 bits per heavy atom. The lowest BCUT2D eigenvalue weighted by molar-refractivity contribution is 0.150. The third-order valence-corrected chi connectivity index (χ3v) is 1.44. The fraction of sp³-hybridized carbons (Fsp3) is 0.667. The first-order valence-corrected chi connectivity index (χ1v) is 4.22. The molecule has 0 saturated heterocycles. The predicted octanol–water partition coefficient (Wildman–Crippen LogP) is 1.94. The largest absolute Gasteiger partial charge is 0.450 e. The Morgan fingerprint density at radius 2 is 2.42 bits per heavy atom. The van der Waals surface area contributed by atoms with Crippen LogP contribution >= 0.6 is 0 Å². The quantitative estimate of drug-likeness (QED) is 0.642. The van der Waals surface area contributed by atoms with Gasteiger partial charge in [0.25, 0.3) is 0 Å². The van der Waals surface area contributed by atoms with E-state index in [0.29, 0.717) is 19.1 Å². The van der Waals surface area contributed by atoms with Gasteiger partial charge in [0.05, 0.1) is 6.61 Å². The molecule has 0 heterocycles. The van der Waals surface area contributed by atoms with Gasteiger partial charge in [-0.25, -0.2) is 4.79 Å². The van der Waals surface area contributed by atoms with Crippen LogP contribution in [0.1, 0.15) is 20.3 Å². The Hall–Kier alpha value is -0.990. The average Bonchev–Trinajstić information content (AvgIpc) is 2.02. The summed E-state index contributed by atoms with van der Waals surface area (Å²) in [4.78, 5) is 10.8. The minimum atomic E-state index is -0.339. The van der Waals surface area contributed by atoms with Crippen LogP contribution in [0.3, 0.4) is 0 Å². The lowest BCUT2D eigenvalue weighted by Crippen LogP contribution is -2.28. The van der Waals surface area contributed by atoms with Crippen molar-refractivity contribution in [3.63, 3.8) is 0 Å². The molecule has 0 radical (unpaired) electrons. The highest BCUT2D eigenvalue weighted by Gasteiger charge is 2.03. The van der Waals surface area contributed by atoms with E-state index in [1.165, 1.54) is 0 Å². The van der Waals surface area contributed by atoms with E-state index in [1.54, 1.807) is 6.92 Å². The van der Waals surface area contributed by atoms with Gasteiger partial charge in [-0.2, -0.15) is 0 Å². The number of carbonyl (C=O) groups excluding carboxylic acids is 1. The Labute approximate surface area is 73.8 Å². The summed E-state index contributed by atoms with van der Waals surface area (Å²) in [5.74, 6) is 0.423. The van der Waals surface area contributed by atoms with E-state index in [2.05, 4.69) is 11.9 Å². The molecule has 1 amide bonds. The predicted molar refractivity (Wildman–Crippen MR) is 49.0 cm³/mol. The van der Waals surface area contributed by atoms with Crippen molar-refractivity contribution < 1.29 is 9.53 Å². The third kappa shape index (κ3) is 5.77. The molecule has 0 fully saturated rings. The van der Waals surface area contributed by atoms with Crippen molar-refractivity contribution in [3.05, 3.63) is 12.7 Å². The van der Waals surface area contributed by atoms with Gasteiger partial charge in [-0.1, -0.05) is 13.0 Å². The zero-order chi connectivity index (χ0) is 9.40. The number of hydrogen-bond donors (Lipinski definition) is 1. The standard InChI is InChI=1S/C9H17NO2/c1-4-6-8(3)7-10-9(11)12-5-2/h4,8H,1,5-7H2,2-3H3,(H,10,11). The van der Waals surface area contributed by atoms with Crippen LogP contribution in [0.4, 0.5) is 4.79 Å². The number of allylic oxidation sites excluding steroid dienone is 1. The second-order valence-electron chi connectivity index (χ2n) is 2.73. The monoisotopic (exact) mass is 171 g/mol. The van der Waals surface area contributed by atoms with Gasteiger partial charge in [-0.15, -0.1) is 6.58 Å². The Kier molecular flexibility index (Phi) is 6.15. The minimum Gasteiger partial charge on any atom is -0.450 e. The number of ether oxygens (including phenoxy) is 1. The molecule has 0 aliphatic carbocycles. The second-order valence-corrected chi connectivity index (χ2v) is 2.73. The highest BCUT2D eigenvalue weighted by Crippen LogP contribution is 1.99.